The van der Waals surface area contributed by atoms with E-state index in [4.69, 9.17) is 4.74 Å². The van der Waals surface area contributed by atoms with Crippen LogP contribution in [0.4, 0.5) is 8.78 Å². The molecule has 1 saturated carbocycles. The number of ether oxygens (including phenoxy) is 1. The van der Waals surface area contributed by atoms with Crippen LogP contribution in [0.5, 0.6) is 0 Å². The van der Waals surface area contributed by atoms with E-state index in [-0.39, 0.29) is 18.6 Å². The van der Waals surface area contributed by atoms with Crippen LogP contribution in [0.3, 0.4) is 0 Å². The van der Waals surface area contributed by atoms with Gasteiger partial charge in [0.2, 0.25) is 5.91 Å². The molecule has 5 rings (SSSR count). The number of nitrogens with zero attached hydrogens (tertiary/aromatic N) is 2. The number of amides is 1. The minimum Gasteiger partial charge on any atom is -0.365 e. The monoisotopic (exact) mass is 477 g/mol. The molecule has 0 bridgehead atoms. The summed E-state index contributed by atoms with van der Waals surface area (Å²) in [5.41, 5.74) is 1.25. The van der Waals surface area contributed by atoms with Crippen molar-refractivity contribution in [2.75, 3.05) is 13.1 Å². The predicted octanol–water partition coefficient (Wildman–Crippen LogP) is 3.65. The average molecular weight is 478 g/mol. The van der Waals surface area contributed by atoms with E-state index in [1.54, 1.807) is 6.20 Å². The molecule has 30 heavy (non-hydrogen) atoms. The van der Waals surface area contributed by atoms with E-state index in [1.807, 2.05) is 17.0 Å². The Morgan fingerprint density at radius 1 is 1.33 bits per heavy atom. The molecule has 1 aromatic heterocycles. The van der Waals surface area contributed by atoms with Gasteiger partial charge in [0.25, 0.3) is 0 Å². The van der Waals surface area contributed by atoms with Crippen molar-refractivity contribution in [1.82, 2.24) is 15.2 Å². The summed E-state index contributed by atoms with van der Waals surface area (Å²) in [5.74, 6) is -2.31. The van der Waals surface area contributed by atoms with Gasteiger partial charge in [0.1, 0.15) is 10.2 Å². The molecule has 2 aromatic rings. The van der Waals surface area contributed by atoms with Gasteiger partial charge in [-0.2, -0.15) is 0 Å². The maximum Gasteiger partial charge on any atom is 0.230 e. The van der Waals surface area contributed by atoms with Gasteiger partial charge >= 0.3 is 0 Å². The van der Waals surface area contributed by atoms with Gasteiger partial charge in [0.05, 0.1) is 12.5 Å². The van der Waals surface area contributed by atoms with Crippen LogP contribution in [0.15, 0.2) is 35.1 Å². The first-order chi connectivity index (χ1) is 14.5. The summed E-state index contributed by atoms with van der Waals surface area (Å²) in [4.78, 5) is 20.0. The van der Waals surface area contributed by atoms with Crippen molar-refractivity contribution in [3.8, 4) is 0 Å². The molecule has 1 spiro atoms. The molecule has 5 nitrogen and oxygen atoms in total. The molecule has 1 saturated heterocycles. The molecule has 1 aromatic carbocycles. The van der Waals surface area contributed by atoms with E-state index >= 15 is 0 Å². The second kappa shape index (κ2) is 7.66. The third-order valence-electron chi connectivity index (χ3n) is 6.42. The number of nitrogens with one attached hydrogen (secondary N) is 1. The second-order valence-corrected chi connectivity index (χ2v) is 9.01. The number of pyridine rings is 1. The number of aromatic nitrogens is 1. The largest absolute Gasteiger partial charge is 0.365 e. The van der Waals surface area contributed by atoms with E-state index in [0.29, 0.717) is 37.2 Å². The zero-order chi connectivity index (χ0) is 20.9. The van der Waals surface area contributed by atoms with Crippen molar-refractivity contribution >= 4 is 21.8 Å². The number of carbonyl (C=O) groups is 1. The van der Waals surface area contributed by atoms with Gasteiger partial charge < -0.3 is 15.0 Å². The molecule has 1 amide bonds. The zero-order valence-electron chi connectivity index (χ0n) is 16.3. The summed E-state index contributed by atoms with van der Waals surface area (Å²) < 4.78 is 34.8. The number of halogens is 3. The molecule has 158 valence electrons. The highest BCUT2D eigenvalue weighted by molar-refractivity contribution is 9.10. The highest BCUT2D eigenvalue weighted by Crippen LogP contribution is 2.48. The smallest absolute Gasteiger partial charge is 0.230 e. The van der Waals surface area contributed by atoms with E-state index in [2.05, 4.69) is 26.2 Å². The number of hydrogen-bond acceptors (Lipinski definition) is 4. The zero-order valence-corrected chi connectivity index (χ0v) is 17.9. The Balaban J connectivity index is 1.50. The van der Waals surface area contributed by atoms with E-state index < -0.39 is 23.2 Å². The minimum absolute atomic E-state index is 0.0157. The molecule has 3 aliphatic rings. The standard InChI is InChI=1S/C22H22BrF2N3O2/c23-20-13(2-1-6-27-20)11-28(15-3-4-15)21(29)17-10-26-7-5-22(17)16-9-19(25)18(24)8-14(16)12-30-22/h1-2,6,8-9,15,17,26H,3-5,7,10-12H2/t17-,22?/m1/s1. The number of rotatable bonds is 4. The number of benzene rings is 1. The van der Waals surface area contributed by atoms with Crippen LogP contribution in [-0.4, -0.2) is 34.9 Å². The first-order valence-electron chi connectivity index (χ1n) is 10.2. The molecule has 0 radical (unpaired) electrons. The van der Waals surface area contributed by atoms with Crippen LogP contribution < -0.4 is 5.32 Å². The second-order valence-electron chi connectivity index (χ2n) is 8.26. The number of carbonyl (C=O) groups excluding carboxylic acids is 1. The summed E-state index contributed by atoms with van der Waals surface area (Å²) in [6.07, 6.45) is 4.17. The van der Waals surface area contributed by atoms with Crippen molar-refractivity contribution in [3.63, 3.8) is 0 Å². The van der Waals surface area contributed by atoms with Crippen molar-refractivity contribution in [1.29, 1.82) is 0 Å². The first-order valence-corrected chi connectivity index (χ1v) is 11.0. The summed E-state index contributed by atoms with van der Waals surface area (Å²) in [6.45, 7) is 1.73. The van der Waals surface area contributed by atoms with E-state index in [9.17, 15) is 13.6 Å². The first kappa shape index (κ1) is 20.0. The van der Waals surface area contributed by atoms with Crippen molar-refractivity contribution < 1.29 is 18.3 Å². The summed E-state index contributed by atoms with van der Waals surface area (Å²) in [7, 11) is 0. The lowest BCUT2D eigenvalue weighted by Gasteiger charge is -2.42. The number of piperidine rings is 1. The maximum atomic E-state index is 14.1. The molecule has 1 aliphatic carbocycles. The van der Waals surface area contributed by atoms with Crippen LogP contribution in [0.2, 0.25) is 0 Å². The SMILES string of the molecule is O=C([C@H]1CNCCC12OCc1cc(F)c(F)cc12)N(Cc1cccnc1Br)C1CC1. The van der Waals surface area contributed by atoms with Gasteiger partial charge in [0.15, 0.2) is 11.6 Å². The lowest BCUT2D eigenvalue weighted by Crippen LogP contribution is -2.55. The van der Waals surface area contributed by atoms with Crippen LogP contribution in [-0.2, 0) is 28.3 Å². The van der Waals surface area contributed by atoms with Crippen LogP contribution >= 0.6 is 15.9 Å². The van der Waals surface area contributed by atoms with Crippen LogP contribution in [0.1, 0.15) is 36.0 Å². The highest BCUT2D eigenvalue weighted by atomic mass is 79.9. The Labute approximate surface area is 181 Å². The van der Waals surface area contributed by atoms with Gasteiger partial charge in [-0.05, 0) is 71.1 Å². The van der Waals surface area contributed by atoms with Gasteiger partial charge in [-0.3, -0.25) is 4.79 Å². The van der Waals surface area contributed by atoms with Gasteiger partial charge in [0, 0.05) is 30.9 Å². The van der Waals surface area contributed by atoms with Gasteiger partial charge in [-0.1, -0.05) is 6.07 Å². The lowest BCUT2D eigenvalue weighted by atomic mass is 9.75. The maximum absolute atomic E-state index is 14.1. The third-order valence-corrected chi connectivity index (χ3v) is 7.13. The van der Waals surface area contributed by atoms with Crippen molar-refractivity contribution in [2.45, 2.75) is 44.1 Å². The van der Waals surface area contributed by atoms with Gasteiger partial charge in [-0.15, -0.1) is 0 Å². The van der Waals surface area contributed by atoms with Crippen LogP contribution in [0.25, 0.3) is 0 Å². The molecular formula is C22H22BrF2N3O2. The molecule has 1 unspecified atom stereocenters. The summed E-state index contributed by atoms with van der Waals surface area (Å²) >= 11 is 3.47. The molecule has 3 heterocycles. The Kier molecular flexibility index (Phi) is 5.11. The normalized spacial score (nSPS) is 25.4. The molecule has 2 aliphatic heterocycles. The Bertz CT molecular complexity index is 1000. The minimum atomic E-state index is -0.925. The molecule has 1 N–H and O–H groups in total. The summed E-state index contributed by atoms with van der Waals surface area (Å²) in [5, 5.41) is 3.30. The van der Waals surface area contributed by atoms with E-state index in [1.165, 1.54) is 12.1 Å². The predicted molar refractivity (Wildman–Crippen MR) is 109 cm³/mol. The Morgan fingerprint density at radius 3 is 2.90 bits per heavy atom. The van der Waals surface area contributed by atoms with Crippen LogP contribution in [0, 0.1) is 17.6 Å². The quantitative estimate of drug-likeness (QED) is 0.682. The molecule has 2 fully saturated rings. The van der Waals surface area contributed by atoms with Crippen molar-refractivity contribution in [3.05, 3.63) is 63.4 Å². The van der Waals surface area contributed by atoms with Crippen molar-refractivity contribution in [2.24, 2.45) is 5.92 Å². The van der Waals surface area contributed by atoms with E-state index in [0.717, 1.165) is 23.0 Å². The summed E-state index contributed by atoms with van der Waals surface area (Å²) in [6, 6.07) is 6.42. The lowest BCUT2D eigenvalue weighted by molar-refractivity contribution is -0.157. The molecule has 2 atom stereocenters. The fourth-order valence-corrected chi connectivity index (χ4v) is 5.10. The third kappa shape index (κ3) is 3.35. The fraction of sp³-hybridized carbons (Fsp3) is 0.455. The number of hydrogen-bond donors (Lipinski definition) is 1. The Hall–Kier alpha value is -1.90. The van der Waals surface area contributed by atoms with Gasteiger partial charge in [-0.25, -0.2) is 13.8 Å². The molecular weight excluding hydrogens is 456 g/mol. The fourth-order valence-electron chi connectivity index (χ4n) is 4.72. The topological polar surface area (TPSA) is 54.5 Å². The number of fused-ring (bicyclic) bond motifs is 2. The molecule has 8 heteroatoms. The highest BCUT2D eigenvalue weighted by Gasteiger charge is 2.53. The Morgan fingerprint density at radius 2 is 2.13 bits per heavy atom. The average Bonchev–Trinajstić information content (AvgIpc) is 3.53.